The molecule has 0 saturated carbocycles. The average Bonchev–Trinajstić information content (AvgIpc) is 2.41. The third kappa shape index (κ3) is 6.58. The van der Waals surface area contributed by atoms with E-state index in [0.717, 1.165) is 6.42 Å². The predicted octanol–water partition coefficient (Wildman–Crippen LogP) is 1.79. The maximum absolute atomic E-state index is 3.85. The van der Waals surface area contributed by atoms with Crippen molar-refractivity contribution in [2.24, 2.45) is 0 Å². The molecule has 0 saturated heterocycles. The highest BCUT2D eigenvalue weighted by Gasteiger charge is 2.25. The van der Waals surface area contributed by atoms with Crippen LogP contribution >= 0.6 is 0 Å². The maximum atomic E-state index is 3.85. The smallest absolute Gasteiger partial charge is 0.104 e. The van der Waals surface area contributed by atoms with E-state index in [2.05, 4.69) is 56.8 Å². The lowest BCUT2D eigenvalue weighted by molar-refractivity contribution is -0.941. The molecule has 114 valence electrons. The van der Waals surface area contributed by atoms with Crippen molar-refractivity contribution in [3.05, 3.63) is 48.6 Å². The fourth-order valence-electron chi connectivity index (χ4n) is 3.06. The molecule has 1 aromatic carbocycles. The predicted molar refractivity (Wildman–Crippen MR) is 85.0 cm³/mol. The van der Waals surface area contributed by atoms with Crippen molar-refractivity contribution in [1.29, 1.82) is 0 Å². The van der Waals surface area contributed by atoms with E-state index in [1.165, 1.54) is 55.5 Å². The number of hydrogen-bond donors (Lipinski definition) is 0. The van der Waals surface area contributed by atoms with Crippen LogP contribution in [0.4, 0.5) is 0 Å². The molecule has 0 heterocycles. The van der Waals surface area contributed by atoms with Gasteiger partial charge in [-0.05, 0) is 19.3 Å². The topological polar surface area (TPSA) is 0 Å². The first-order valence-electron chi connectivity index (χ1n) is 7.76. The van der Waals surface area contributed by atoms with Crippen molar-refractivity contribution >= 4 is 0 Å². The largest absolute Gasteiger partial charge is 1.00 e. The van der Waals surface area contributed by atoms with Gasteiger partial charge in [0, 0.05) is 12.0 Å². The van der Waals surface area contributed by atoms with E-state index >= 15 is 0 Å². The van der Waals surface area contributed by atoms with Crippen LogP contribution in [0.1, 0.15) is 45.1 Å². The van der Waals surface area contributed by atoms with Crippen LogP contribution < -0.4 is 12.4 Å². The standard InChI is InChI=1S/C18H30N.ClH/c1-4-7-11-16-19(14-5-2,15-6-3)17-18-12-9-8-10-13-18;/h4,8-10,12-13H,1,5-7,11,14-17H2,2-3H3;1H/q+1;/p-1. The number of halogens is 1. The Balaban J connectivity index is 0.00000361. The molecule has 0 spiro atoms. The van der Waals surface area contributed by atoms with Gasteiger partial charge in [-0.2, -0.15) is 0 Å². The molecular formula is C18H30ClN. The molecule has 0 radical (unpaired) electrons. The number of unbranched alkanes of at least 4 members (excludes halogenated alkanes) is 1. The Morgan fingerprint density at radius 1 is 1.00 bits per heavy atom. The summed E-state index contributed by atoms with van der Waals surface area (Å²) in [5, 5.41) is 0. The fraction of sp³-hybridized carbons (Fsp3) is 0.556. The second-order valence-corrected chi connectivity index (χ2v) is 5.59. The molecule has 0 aliphatic rings. The van der Waals surface area contributed by atoms with Gasteiger partial charge in [0.2, 0.25) is 0 Å². The van der Waals surface area contributed by atoms with Crippen molar-refractivity contribution in [3.63, 3.8) is 0 Å². The lowest BCUT2D eigenvalue weighted by Gasteiger charge is -2.39. The quantitative estimate of drug-likeness (QED) is 0.351. The van der Waals surface area contributed by atoms with Gasteiger partial charge in [0.1, 0.15) is 6.54 Å². The van der Waals surface area contributed by atoms with Gasteiger partial charge in [-0.3, -0.25) is 0 Å². The minimum atomic E-state index is 0. The SMILES string of the molecule is C=CCCC[N+](CCC)(CCC)Cc1ccccc1.[Cl-]. The van der Waals surface area contributed by atoms with Crippen molar-refractivity contribution in [2.45, 2.75) is 46.1 Å². The molecule has 0 atom stereocenters. The number of hydrogen-bond acceptors (Lipinski definition) is 0. The molecule has 1 nitrogen and oxygen atoms in total. The molecule has 0 N–H and O–H groups in total. The fourth-order valence-corrected chi connectivity index (χ4v) is 3.06. The second-order valence-electron chi connectivity index (χ2n) is 5.59. The monoisotopic (exact) mass is 295 g/mol. The van der Waals surface area contributed by atoms with Gasteiger partial charge in [-0.1, -0.05) is 50.3 Å². The molecule has 1 rings (SSSR count). The zero-order valence-electron chi connectivity index (χ0n) is 13.2. The lowest BCUT2D eigenvalue weighted by Crippen LogP contribution is -3.00. The van der Waals surface area contributed by atoms with Crippen molar-refractivity contribution in [3.8, 4) is 0 Å². The first-order chi connectivity index (χ1) is 9.26. The van der Waals surface area contributed by atoms with Gasteiger partial charge in [0.05, 0.1) is 19.6 Å². The summed E-state index contributed by atoms with van der Waals surface area (Å²) in [6.07, 6.45) is 6.98. The van der Waals surface area contributed by atoms with E-state index in [9.17, 15) is 0 Å². The summed E-state index contributed by atoms with van der Waals surface area (Å²) in [5.41, 5.74) is 1.48. The molecular weight excluding hydrogens is 266 g/mol. The Bertz CT molecular complexity index is 342. The van der Waals surface area contributed by atoms with E-state index in [1.807, 2.05) is 0 Å². The molecule has 0 amide bonds. The Morgan fingerprint density at radius 2 is 1.60 bits per heavy atom. The Kier molecular flexibility index (Phi) is 10.5. The summed E-state index contributed by atoms with van der Waals surface area (Å²) in [4.78, 5) is 0. The van der Waals surface area contributed by atoms with Crippen LogP contribution in [-0.2, 0) is 6.54 Å². The molecule has 0 aliphatic heterocycles. The van der Waals surface area contributed by atoms with Gasteiger partial charge in [0.25, 0.3) is 0 Å². The summed E-state index contributed by atoms with van der Waals surface area (Å²) in [6, 6.07) is 11.0. The summed E-state index contributed by atoms with van der Waals surface area (Å²) >= 11 is 0. The molecule has 2 heteroatoms. The number of rotatable bonds is 10. The number of allylic oxidation sites excluding steroid dienone is 1. The molecule has 0 unspecified atom stereocenters. The third-order valence-electron chi connectivity index (χ3n) is 3.80. The van der Waals surface area contributed by atoms with Crippen LogP contribution in [-0.4, -0.2) is 24.1 Å². The highest BCUT2D eigenvalue weighted by Crippen LogP contribution is 2.18. The summed E-state index contributed by atoms with van der Waals surface area (Å²) < 4.78 is 1.24. The number of nitrogens with zero attached hydrogens (tertiary/aromatic N) is 1. The first kappa shape index (κ1) is 19.2. The Morgan fingerprint density at radius 3 is 2.10 bits per heavy atom. The molecule has 1 aromatic rings. The van der Waals surface area contributed by atoms with Crippen LogP contribution in [0, 0.1) is 0 Å². The van der Waals surface area contributed by atoms with Crippen LogP contribution in [0.2, 0.25) is 0 Å². The molecule has 0 fully saturated rings. The minimum absolute atomic E-state index is 0. The van der Waals surface area contributed by atoms with E-state index in [4.69, 9.17) is 0 Å². The van der Waals surface area contributed by atoms with Crippen molar-refractivity contribution in [1.82, 2.24) is 0 Å². The zero-order chi connectivity index (χ0) is 14.0. The Hall–Kier alpha value is -0.790. The van der Waals surface area contributed by atoms with Gasteiger partial charge >= 0.3 is 0 Å². The summed E-state index contributed by atoms with van der Waals surface area (Å²) in [7, 11) is 0. The number of benzene rings is 1. The third-order valence-corrected chi connectivity index (χ3v) is 3.80. The minimum Gasteiger partial charge on any atom is -1.00 e. The average molecular weight is 296 g/mol. The first-order valence-corrected chi connectivity index (χ1v) is 7.76. The highest BCUT2D eigenvalue weighted by atomic mass is 35.5. The summed E-state index contributed by atoms with van der Waals surface area (Å²) in [5.74, 6) is 0. The van der Waals surface area contributed by atoms with Gasteiger partial charge in [0.15, 0.2) is 0 Å². The number of quaternary nitrogens is 1. The zero-order valence-corrected chi connectivity index (χ0v) is 13.9. The van der Waals surface area contributed by atoms with E-state index in [1.54, 1.807) is 0 Å². The molecule has 0 aromatic heterocycles. The Labute approximate surface area is 131 Å². The van der Waals surface area contributed by atoms with Crippen molar-refractivity contribution < 1.29 is 16.9 Å². The van der Waals surface area contributed by atoms with Gasteiger partial charge < -0.3 is 16.9 Å². The van der Waals surface area contributed by atoms with Gasteiger partial charge in [-0.15, -0.1) is 6.58 Å². The molecule has 20 heavy (non-hydrogen) atoms. The molecule has 0 aliphatic carbocycles. The van der Waals surface area contributed by atoms with E-state index < -0.39 is 0 Å². The maximum Gasteiger partial charge on any atom is 0.104 e. The van der Waals surface area contributed by atoms with Crippen LogP contribution in [0.3, 0.4) is 0 Å². The normalized spacial score (nSPS) is 10.9. The lowest BCUT2D eigenvalue weighted by atomic mass is 10.1. The van der Waals surface area contributed by atoms with Crippen LogP contribution in [0.5, 0.6) is 0 Å². The van der Waals surface area contributed by atoms with Gasteiger partial charge in [-0.25, -0.2) is 0 Å². The highest BCUT2D eigenvalue weighted by molar-refractivity contribution is 5.13. The second kappa shape index (κ2) is 10.9. The van der Waals surface area contributed by atoms with E-state index in [-0.39, 0.29) is 12.4 Å². The summed E-state index contributed by atoms with van der Waals surface area (Å²) in [6.45, 7) is 13.5. The van der Waals surface area contributed by atoms with E-state index in [0.29, 0.717) is 0 Å². The van der Waals surface area contributed by atoms with Crippen LogP contribution in [0.25, 0.3) is 0 Å². The van der Waals surface area contributed by atoms with Crippen molar-refractivity contribution in [2.75, 3.05) is 19.6 Å². The molecule has 0 bridgehead atoms. The van der Waals surface area contributed by atoms with Crippen LogP contribution in [0.15, 0.2) is 43.0 Å².